The maximum absolute atomic E-state index is 12.7. The number of halogens is 3. The predicted octanol–water partition coefficient (Wildman–Crippen LogP) is 4.12. The number of nitrogens with two attached hydrogens (primary N) is 1. The highest BCUT2D eigenvalue weighted by atomic mass is 35.5. The summed E-state index contributed by atoms with van der Waals surface area (Å²) >= 11 is 12.0. The van der Waals surface area contributed by atoms with E-state index in [-0.39, 0.29) is 30.5 Å². The van der Waals surface area contributed by atoms with Crippen LogP contribution in [0.4, 0.5) is 0 Å². The van der Waals surface area contributed by atoms with Crippen LogP contribution in [0.5, 0.6) is 0 Å². The number of ether oxygens (including phenoxy) is 1. The van der Waals surface area contributed by atoms with Crippen LogP contribution in [0.1, 0.15) is 45.7 Å². The number of carbonyl (C=O) groups excluding carboxylic acids is 1. The molecule has 1 amide bonds. The summed E-state index contributed by atoms with van der Waals surface area (Å²) < 4.78 is 5.67. The zero-order valence-electron chi connectivity index (χ0n) is 14.4. The molecule has 1 saturated carbocycles. The maximum Gasteiger partial charge on any atom is 0.241 e. The van der Waals surface area contributed by atoms with Crippen LogP contribution in [0.3, 0.4) is 0 Å². The fourth-order valence-corrected chi connectivity index (χ4v) is 3.32. The van der Waals surface area contributed by atoms with Gasteiger partial charge in [-0.05, 0) is 31.5 Å². The Morgan fingerprint density at radius 2 is 2.04 bits per heavy atom. The lowest BCUT2D eigenvalue weighted by Gasteiger charge is -2.57. The quantitative estimate of drug-likeness (QED) is 0.788. The molecule has 3 unspecified atom stereocenters. The fourth-order valence-electron chi connectivity index (χ4n) is 3.01. The van der Waals surface area contributed by atoms with E-state index in [1.807, 2.05) is 33.8 Å². The smallest absolute Gasteiger partial charge is 0.241 e. The van der Waals surface area contributed by atoms with Gasteiger partial charge in [0.15, 0.2) is 0 Å². The van der Waals surface area contributed by atoms with E-state index in [1.54, 1.807) is 12.1 Å². The van der Waals surface area contributed by atoms with Crippen molar-refractivity contribution in [2.24, 2.45) is 11.1 Å². The average Bonchev–Trinajstić information content (AvgIpc) is 2.49. The summed E-state index contributed by atoms with van der Waals surface area (Å²) in [5.74, 6) is -0.169. The molecule has 0 bridgehead atoms. The zero-order chi connectivity index (χ0) is 17.4. The Hall–Kier alpha value is -0.520. The first-order chi connectivity index (χ1) is 10.6. The first-order valence-electron chi connectivity index (χ1n) is 7.80. The first kappa shape index (κ1) is 21.5. The van der Waals surface area contributed by atoms with Crippen molar-refractivity contribution in [3.63, 3.8) is 0 Å². The van der Waals surface area contributed by atoms with Crippen molar-refractivity contribution < 1.29 is 9.53 Å². The van der Waals surface area contributed by atoms with Gasteiger partial charge in [0, 0.05) is 18.4 Å². The van der Waals surface area contributed by atoms with Gasteiger partial charge in [-0.2, -0.15) is 0 Å². The van der Waals surface area contributed by atoms with Crippen LogP contribution in [-0.2, 0) is 9.53 Å². The molecule has 7 heteroatoms. The Bertz CT molecular complexity index is 609. The minimum absolute atomic E-state index is 0. The number of hydrogen-bond acceptors (Lipinski definition) is 3. The fraction of sp³-hybridized carbons (Fsp3) is 0.588. The van der Waals surface area contributed by atoms with Gasteiger partial charge in [0.2, 0.25) is 5.91 Å². The zero-order valence-corrected chi connectivity index (χ0v) is 16.7. The third-order valence-corrected chi connectivity index (χ3v) is 5.77. The number of hydrogen-bond donors (Lipinski definition) is 2. The van der Waals surface area contributed by atoms with Gasteiger partial charge in [-0.25, -0.2) is 0 Å². The Morgan fingerprint density at radius 1 is 1.42 bits per heavy atom. The lowest BCUT2D eigenvalue weighted by Crippen LogP contribution is -2.75. The first-order valence-corrected chi connectivity index (χ1v) is 8.55. The SMILES string of the molecule is CCOC1CC(N)(C(=O)NC(C)c2ccc(Cl)c(Cl)c2)C1(C)C.Cl. The third-order valence-electron chi connectivity index (χ3n) is 5.03. The number of benzene rings is 1. The van der Waals surface area contributed by atoms with Crippen LogP contribution in [0, 0.1) is 5.41 Å². The molecular formula is C17H25Cl3N2O2. The molecule has 0 aromatic heterocycles. The van der Waals surface area contributed by atoms with Crippen molar-refractivity contribution in [2.75, 3.05) is 6.61 Å². The molecule has 4 nitrogen and oxygen atoms in total. The normalized spacial score (nSPS) is 26.0. The lowest BCUT2D eigenvalue weighted by molar-refractivity contribution is -0.171. The minimum atomic E-state index is -0.933. The van der Waals surface area contributed by atoms with E-state index in [0.717, 1.165) is 5.56 Å². The van der Waals surface area contributed by atoms with Crippen molar-refractivity contribution in [1.82, 2.24) is 5.32 Å². The third kappa shape index (κ3) is 3.68. The molecule has 1 aromatic rings. The number of rotatable bonds is 5. The predicted molar refractivity (Wildman–Crippen MR) is 101 cm³/mol. The van der Waals surface area contributed by atoms with Gasteiger partial charge in [-0.15, -0.1) is 12.4 Å². The van der Waals surface area contributed by atoms with Crippen LogP contribution < -0.4 is 11.1 Å². The van der Waals surface area contributed by atoms with E-state index in [1.165, 1.54) is 0 Å². The minimum Gasteiger partial charge on any atom is -0.378 e. The number of nitrogens with one attached hydrogen (secondary N) is 1. The molecule has 0 saturated heterocycles. The van der Waals surface area contributed by atoms with Gasteiger partial charge < -0.3 is 15.8 Å². The van der Waals surface area contributed by atoms with Crippen molar-refractivity contribution in [1.29, 1.82) is 0 Å². The summed E-state index contributed by atoms with van der Waals surface area (Å²) in [6.45, 7) is 8.40. The standard InChI is InChI=1S/C17H24Cl2N2O2.ClH/c1-5-23-14-9-17(20,16(14,3)4)15(22)21-10(2)11-6-7-12(18)13(19)8-11;/h6-8,10,14H,5,9,20H2,1-4H3,(H,21,22);1H. The molecule has 136 valence electrons. The van der Waals surface area contributed by atoms with Gasteiger partial charge in [0.1, 0.15) is 5.54 Å². The van der Waals surface area contributed by atoms with Gasteiger partial charge in [-0.1, -0.05) is 43.1 Å². The Kier molecular flexibility index (Phi) is 6.99. The van der Waals surface area contributed by atoms with E-state index in [9.17, 15) is 4.79 Å². The summed E-state index contributed by atoms with van der Waals surface area (Å²) in [6.07, 6.45) is 0.525. The molecule has 0 radical (unpaired) electrons. The Balaban J connectivity index is 0.00000288. The Morgan fingerprint density at radius 3 is 2.54 bits per heavy atom. The molecule has 0 spiro atoms. The van der Waals surface area contributed by atoms with Gasteiger partial charge >= 0.3 is 0 Å². The summed E-state index contributed by atoms with van der Waals surface area (Å²) in [5, 5.41) is 3.94. The van der Waals surface area contributed by atoms with Crippen molar-refractivity contribution in [2.45, 2.75) is 51.8 Å². The van der Waals surface area contributed by atoms with Crippen LogP contribution in [0.15, 0.2) is 18.2 Å². The highest BCUT2D eigenvalue weighted by molar-refractivity contribution is 6.42. The average molecular weight is 396 g/mol. The molecule has 3 atom stereocenters. The van der Waals surface area contributed by atoms with E-state index in [2.05, 4.69) is 5.32 Å². The molecule has 24 heavy (non-hydrogen) atoms. The molecule has 1 fully saturated rings. The molecule has 3 N–H and O–H groups in total. The highest BCUT2D eigenvalue weighted by Crippen LogP contribution is 2.50. The Labute approximate surface area is 159 Å². The molecule has 1 aliphatic carbocycles. The second kappa shape index (κ2) is 7.79. The molecular weight excluding hydrogens is 371 g/mol. The lowest BCUT2D eigenvalue weighted by atomic mass is 9.54. The van der Waals surface area contributed by atoms with Crippen molar-refractivity contribution in [3.8, 4) is 0 Å². The van der Waals surface area contributed by atoms with Gasteiger partial charge in [-0.3, -0.25) is 4.79 Å². The van der Waals surface area contributed by atoms with E-state index in [0.29, 0.717) is 23.1 Å². The van der Waals surface area contributed by atoms with Crippen molar-refractivity contribution in [3.05, 3.63) is 33.8 Å². The van der Waals surface area contributed by atoms with Crippen LogP contribution in [0.2, 0.25) is 10.0 Å². The molecule has 1 aromatic carbocycles. The molecule has 0 heterocycles. The van der Waals surface area contributed by atoms with Gasteiger partial charge in [0.25, 0.3) is 0 Å². The van der Waals surface area contributed by atoms with Crippen LogP contribution in [-0.4, -0.2) is 24.2 Å². The second-order valence-corrected chi connectivity index (χ2v) is 7.52. The van der Waals surface area contributed by atoms with Crippen LogP contribution in [0.25, 0.3) is 0 Å². The largest absolute Gasteiger partial charge is 0.378 e. The van der Waals surface area contributed by atoms with Crippen molar-refractivity contribution >= 4 is 41.5 Å². The topological polar surface area (TPSA) is 64.3 Å². The van der Waals surface area contributed by atoms with E-state index in [4.69, 9.17) is 33.7 Å². The van der Waals surface area contributed by atoms with Crippen LogP contribution >= 0.6 is 35.6 Å². The number of carbonyl (C=O) groups is 1. The summed E-state index contributed by atoms with van der Waals surface area (Å²) in [5.41, 5.74) is 5.92. The number of amides is 1. The molecule has 0 aliphatic heterocycles. The maximum atomic E-state index is 12.7. The van der Waals surface area contributed by atoms with E-state index < -0.39 is 11.0 Å². The van der Waals surface area contributed by atoms with E-state index >= 15 is 0 Å². The summed E-state index contributed by atoms with van der Waals surface area (Å²) in [7, 11) is 0. The summed E-state index contributed by atoms with van der Waals surface area (Å²) in [4.78, 5) is 12.7. The second-order valence-electron chi connectivity index (χ2n) is 6.71. The molecule has 2 rings (SSSR count). The highest BCUT2D eigenvalue weighted by Gasteiger charge is 2.62. The van der Waals surface area contributed by atoms with Gasteiger partial charge in [0.05, 0.1) is 22.2 Å². The summed E-state index contributed by atoms with van der Waals surface area (Å²) in [6, 6.07) is 5.11. The molecule has 1 aliphatic rings. The monoisotopic (exact) mass is 394 g/mol.